The first-order valence-corrected chi connectivity index (χ1v) is 9.40. The van der Waals surface area contributed by atoms with Gasteiger partial charge in [0.2, 0.25) is 0 Å². The molecule has 0 spiro atoms. The van der Waals surface area contributed by atoms with E-state index in [9.17, 15) is 4.79 Å². The highest BCUT2D eigenvalue weighted by Gasteiger charge is 2.19. The molecule has 3 aromatic heterocycles. The van der Waals surface area contributed by atoms with Crippen molar-refractivity contribution in [3.63, 3.8) is 0 Å². The third-order valence-electron chi connectivity index (χ3n) is 4.53. The van der Waals surface area contributed by atoms with Gasteiger partial charge in [0.05, 0.1) is 16.8 Å². The molecule has 0 amide bonds. The predicted molar refractivity (Wildman–Crippen MR) is 109 cm³/mol. The van der Waals surface area contributed by atoms with E-state index in [0.29, 0.717) is 11.1 Å². The first-order chi connectivity index (χ1) is 12.5. The molecule has 0 N–H and O–H groups in total. The lowest BCUT2D eigenvalue weighted by atomic mass is 10.2. The molecule has 0 aliphatic heterocycles. The average Bonchev–Trinajstić information content (AvgIpc) is 3.01. The van der Waals surface area contributed by atoms with E-state index < -0.39 is 0 Å². The molecule has 0 unspecified atom stereocenters. The van der Waals surface area contributed by atoms with Crippen molar-refractivity contribution in [3.8, 4) is 5.69 Å². The van der Waals surface area contributed by atoms with Crippen molar-refractivity contribution in [1.29, 1.82) is 0 Å². The zero-order valence-electron chi connectivity index (χ0n) is 15.3. The van der Waals surface area contributed by atoms with Crippen molar-refractivity contribution < 1.29 is 0 Å². The molecule has 0 aliphatic rings. The van der Waals surface area contributed by atoms with Crippen LogP contribution in [0.5, 0.6) is 0 Å². The number of pyridine rings is 1. The first-order valence-electron chi connectivity index (χ1n) is 8.58. The number of rotatable bonds is 3. The Morgan fingerprint density at radius 1 is 1.15 bits per heavy atom. The molecule has 132 valence electrons. The van der Waals surface area contributed by atoms with E-state index in [-0.39, 0.29) is 5.56 Å². The van der Waals surface area contributed by atoms with Crippen LogP contribution in [0.3, 0.4) is 0 Å². The fourth-order valence-corrected chi connectivity index (χ4v) is 4.24. The predicted octanol–water partition coefficient (Wildman–Crippen LogP) is 3.93. The van der Waals surface area contributed by atoms with E-state index >= 15 is 0 Å². The van der Waals surface area contributed by atoms with Crippen molar-refractivity contribution in [1.82, 2.24) is 14.5 Å². The summed E-state index contributed by atoms with van der Waals surface area (Å²) in [6.07, 6.45) is 2.46. The second-order valence-electron chi connectivity index (χ2n) is 6.54. The molecule has 0 aliphatic carbocycles. The van der Waals surface area contributed by atoms with Crippen molar-refractivity contribution in [2.75, 3.05) is 19.0 Å². The van der Waals surface area contributed by atoms with Gasteiger partial charge in [-0.3, -0.25) is 9.36 Å². The summed E-state index contributed by atoms with van der Waals surface area (Å²) < 4.78 is 2.38. The van der Waals surface area contributed by atoms with Gasteiger partial charge in [0, 0.05) is 26.7 Å². The molecule has 0 bridgehead atoms. The van der Waals surface area contributed by atoms with Crippen LogP contribution >= 0.6 is 11.3 Å². The van der Waals surface area contributed by atoms with Crippen molar-refractivity contribution in [2.24, 2.45) is 0 Å². The number of aryl methyl sites for hydroxylation is 2. The molecule has 0 radical (unpaired) electrons. The number of aromatic nitrogens is 3. The smallest absolute Gasteiger partial charge is 0.276 e. The number of benzene rings is 1. The molecular weight excluding hydrogens is 344 g/mol. The van der Waals surface area contributed by atoms with Crippen LogP contribution in [0.4, 0.5) is 5.69 Å². The van der Waals surface area contributed by atoms with Gasteiger partial charge >= 0.3 is 0 Å². The molecule has 0 saturated carbocycles. The summed E-state index contributed by atoms with van der Waals surface area (Å²) in [5, 5.41) is 0.959. The Kier molecular flexibility index (Phi) is 4.00. The quantitative estimate of drug-likeness (QED) is 0.553. The van der Waals surface area contributed by atoms with Gasteiger partial charge in [0.1, 0.15) is 20.9 Å². The van der Waals surface area contributed by atoms with E-state index in [1.807, 2.05) is 63.2 Å². The van der Waals surface area contributed by atoms with Crippen LogP contribution in [0, 0.1) is 6.92 Å². The summed E-state index contributed by atoms with van der Waals surface area (Å²) in [6.45, 7) is 4.06. The zero-order valence-corrected chi connectivity index (χ0v) is 16.1. The Morgan fingerprint density at radius 3 is 2.54 bits per heavy atom. The van der Waals surface area contributed by atoms with Gasteiger partial charge in [-0.2, -0.15) is 0 Å². The number of anilines is 1. The van der Waals surface area contributed by atoms with Crippen LogP contribution in [-0.4, -0.2) is 28.6 Å². The van der Waals surface area contributed by atoms with Crippen LogP contribution in [0.25, 0.3) is 26.1 Å². The summed E-state index contributed by atoms with van der Waals surface area (Å²) in [5.74, 6) is 0.764. The number of nitrogens with zero attached hydrogens (tertiary/aromatic N) is 4. The number of hydrogen-bond donors (Lipinski definition) is 0. The number of fused-ring (bicyclic) bond motifs is 3. The standard InChI is InChI=1S/C20H20N4OS/c1-5-15-22-17-16-14(23(3)4)10-11-21-19(16)26-18(17)20(25)24(15)13-8-6-12(2)7-9-13/h6-11H,5H2,1-4H3. The van der Waals surface area contributed by atoms with Crippen LogP contribution in [0.15, 0.2) is 41.3 Å². The fourth-order valence-electron chi connectivity index (χ4n) is 3.21. The van der Waals surface area contributed by atoms with Crippen LogP contribution in [-0.2, 0) is 6.42 Å². The van der Waals surface area contributed by atoms with Gasteiger partial charge < -0.3 is 4.90 Å². The highest BCUT2D eigenvalue weighted by Crippen LogP contribution is 2.35. The maximum atomic E-state index is 13.3. The Balaban J connectivity index is 2.12. The second kappa shape index (κ2) is 6.21. The minimum Gasteiger partial charge on any atom is -0.377 e. The largest absolute Gasteiger partial charge is 0.377 e. The second-order valence-corrected chi connectivity index (χ2v) is 7.54. The molecule has 0 atom stereocenters. The normalized spacial score (nSPS) is 11.4. The molecule has 1 aromatic carbocycles. The molecule has 3 heterocycles. The monoisotopic (exact) mass is 364 g/mol. The summed E-state index contributed by atoms with van der Waals surface area (Å²) in [5.41, 5.74) is 3.78. The van der Waals surface area contributed by atoms with Crippen LogP contribution in [0.1, 0.15) is 18.3 Å². The Hall–Kier alpha value is -2.73. The highest BCUT2D eigenvalue weighted by molar-refractivity contribution is 7.25. The molecule has 0 fully saturated rings. The molecule has 5 nitrogen and oxygen atoms in total. The van der Waals surface area contributed by atoms with E-state index in [2.05, 4.69) is 4.98 Å². The molecule has 0 saturated heterocycles. The lowest BCUT2D eigenvalue weighted by Gasteiger charge is -2.14. The van der Waals surface area contributed by atoms with E-state index in [4.69, 9.17) is 4.98 Å². The molecule has 4 aromatic rings. The molecule has 26 heavy (non-hydrogen) atoms. The summed E-state index contributed by atoms with van der Waals surface area (Å²) in [6, 6.07) is 9.94. The first kappa shape index (κ1) is 16.7. The van der Waals surface area contributed by atoms with Gasteiger partial charge in [0.15, 0.2) is 0 Å². The number of hydrogen-bond acceptors (Lipinski definition) is 5. The van der Waals surface area contributed by atoms with Crippen LogP contribution < -0.4 is 10.5 Å². The van der Waals surface area contributed by atoms with Crippen molar-refractivity contribution in [3.05, 3.63) is 58.3 Å². The average molecular weight is 364 g/mol. The van der Waals surface area contributed by atoms with E-state index in [0.717, 1.165) is 38.5 Å². The van der Waals surface area contributed by atoms with Gasteiger partial charge in [-0.25, -0.2) is 9.97 Å². The molecule has 6 heteroatoms. The van der Waals surface area contributed by atoms with Crippen molar-refractivity contribution >= 4 is 37.5 Å². The van der Waals surface area contributed by atoms with Crippen molar-refractivity contribution in [2.45, 2.75) is 20.3 Å². The molecular formula is C20H20N4OS. The van der Waals surface area contributed by atoms with E-state index in [1.54, 1.807) is 10.8 Å². The van der Waals surface area contributed by atoms with Gasteiger partial charge in [0.25, 0.3) is 5.56 Å². The van der Waals surface area contributed by atoms with Crippen LogP contribution in [0.2, 0.25) is 0 Å². The summed E-state index contributed by atoms with van der Waals surface area (Å²) in [4.78, 5) is 25.6. The lowest BCUT2D eigenvalue weighted by Crippen LogP contribution is -2.22. The maximum Gasteiger partial charge on any atom is 0.276 e. The van der Waals surface area contributed by atoms with Gasteiger partial charge in [-0.15, -0.1) is 11.3 Å². The summed E-state index contributed by atoms with van der Waals surface area (Å²) >= 11 is 1.42. The Morgan fingerprint density at radius 2 is 1.88 bits per heavy atom. The minimum atomic E-state index is -0.0246. The third kappa shape index (κ3) is 2.49. The van der Waals surface area contributed by atoms with E-state index in [1.165, 1.54) is 11.3 Å². The van der Waals surface area contributed by atoms with Gasteiger partial charge in [-0.05, 0) is 25.1 Å². The fraction of sp³-hybridized carbons (Fsp3) is 0.250. The Bertz CT molecular complexity index is 1170. The maximum absolute atomic E-state index is 13.3. The molecule has 4 rings (SSSR count). The van der Waals surface area contributed by atoms with Gasteiger partial charge in [-0.1, -0.05) is 24.6 Å². The third-order valence-corrected chi connectivity index (χ3v) is 5.61. The zero-order chi connectivity index (χ0) is 18.4. The highest BCUT2D eigenvalue weighted by atomic mass is 32.1. The number of thiophene rings is 1. The topological polar surface area (TPSA) is 51.0 Å². The lowest BCUT2D eigenvalue weighted by molar-refractivity contribution is 0.835. The minimum absolute atomic E-state index is 0.0246. The Labute approximate surface area is 155 Å². The summed E-state index contributed by atoms with van der Waals surface area (Å²) in [7, 11) is 3.99. The SMILES string of the molecule is CCc1nc2c(sc3nccc(N(C)C)c32)c(=O)n1-c1ccc(C)cc1.